The summed E-state index contributed by atoms with van der Waals surface area (Å²) in [6.45, 7) is 5.43. The highest BCUT2D eigenvalue weighted by molar-refractivity contribution is 6.07. The van der Waals surface area contributed by atoms with Crippen LogP contribution in [0, 0.1) is 13.8 Å². The van der Waals surface area contributed by atoms with E-state index in [1.165, 1.54) is 0 Å². The number of carbonyl (C=O) groups excluding carboxylic acids is 1. The number of aromatic amines is 1. The monoisotopic (exact) mass is 290 g/mol. The predicted octanol–water partition coefficient (Wildman–Crippen LogP) is 1.56. The molecule has 1 unspecified atom stereocenters. The van der Waals surface area contributed by atoms with Gasteiger partial charge in [-0.2, -0.15) is 5.10 Å². The zero-order chi connectivity index (χ0) is 15.6. The zero-order valence-corrected chi connectivity index (χ0v) is 12.2. The average molecular weight is 290 g/mol. The number of nitrogens with one attached hydrogen (secondary N) is 2. The second-order valence-corrected chi connectivity index (χ2v) is 5.01. The molecule has 0 saturated carbocycles. The maximum absolute atomic E-state index is 12.4. The van der Waals surface area contributed by atoms with Gasteiger partial charge in [0.25, 0.3) is 5.91 Å². The first-order chi connectivity index (χ1) is 9.93. The number of hydrogen-bond donors (Lipinski definition) is 3. The van der Waals surface area contributed by atoms with E-state index in [2.05, 4.69) is 20.5 Å². The van der Waals surface area contributed by atoms with Gasteiger partial charge in [0.05, 0.1) is 10.9 Å². The quantitative estimate of drug-likeness (QED) is 0.774. The van der Waals surface area contributed by atoms with Crippen molar-refractivity contribution in [2.24, 2.45) is 0 Å². The number of aromatic nitrogens is 3. The van der Waals surface area contributed by atoms with Gasteiger partial charge in [0.2, 0.25) is 0 Å². The molecular formula is C14H18N4O3. The van der Waals surface area contributed by atoms with Crippen LogP contribution in [-0.2, 0) is 4.79 Å². The fraction of sp³-hybridized carbons (Fsp3) is 0.429. The molecule has 7 nitrogen and oxygen atoms in total. The molecule has 0 spiro atoms. The number of hydrogen-bond acceptors (Lipinski definition) is 4. The molecule has 2 aromatic heterocycles. The molecule has 1 atom stereocenters. The maximum atomic E-state index is 12.4. The molecule has 0 aliphatic heterocycles. The van der Waals surface area contributed by atoms with Gasteiger partial charge in [-0.3, -0.25) is 9.89 Å². The molecule has 21 heavy (non-hydrogen) atoms. The van der Waals surface area contributed by atoms with Gasteiger partial charge < -0.3 is 10.4 Å². The number of aliphatic carboxylic acids is 1. The van der Waals surface area contributed by atoms with Crippen molar-refractivity contribution >= 4 is 22.9 Å². The molecule has 0 aliphatic carbocycles. The normalized spacial score (nSPS) is 12.3. The number of pyridine rings is 1. The van der Waals surface area contributed by atoms with Crippen LogP contribution in [0.4, 0.5) is 0 Å². The minimum Gasteiger partial charge on any atom is -0.480 e. The van der Waals surface area contributed by atoms with Gasteiger partial charge >= 0.3 is 5.97 Å². The average Bonchev–Trinajstić information content (AvgIpc) is 2.78. The Morgan fingerprint density at radius 2 is 2.14 bits per heavy atom. The van der Waals surface area contributed by atoms with E-state index < -0.39 is 17.9 Å². The van der Waals surface area contributed by atoms with Crippen LogP contribution < -0.4 is 5.32 Å². The van der Waals surface area contributed by atoms with Gasteiger partial charge in [-0.25, -0.2) is 9.78 Å². The molecule has 0 radical (unpaired) electrons. The molecular weight excluding hydrogens is 272 g/mol. The minimum absolute atomic E-state index is 0.388. The maximum Gasteiger partial charge on any atom is 0.326 e. The predicted molar refractivity (Wildman–Crippen MR) is 77.2 cm³/mol. The van der Waals surface area contributed by atoms with Crippen LogP contribution >= 0.6 is 0 Å². The third kappa shape index (κ3) is 3.01. The van der Waals surface area contributed by atoms with Gasteiger partial charge in [-0.05, 0) is 26.3 Å². The summed E-state index contributed by atoms with van der Waals surface area (Å²) in [4.78, 5) is 27.8. The summed E-state index contributed by atoms with van der Waals surface area (Å²) in [6, 6.07) is 0.753. The Balaban J connectivity index is 2.39. The van der Waals surface area contributed by atoms with Crippen molar-refractivity contribution in [1.29, 1.82) is 0 Å². The van der Waals surface area contributed by atoms with Crippen LogP contribution in [0.1, 0.15) is 41.5 Å². The number of carboxylic acids is 1. The Morgan fingerprint density at radius 1 is 1.43 bits per heavy atom. The summed E-state index contributed by atoms with van der Waals surface area (Å²) in [5, 5.41) is 19.2. The van der Waals surface area contributed by atoms with Crippen LogP contribution in [-0.4, -0.2) is 38.2 Å². The molecule has 1 amide bonds. The molecule has 0 bridgehead atoms. The van der Waals surface area contributed by atoms with Crippen LogP contribution in [0.3, 0.4) is 0 Å². The van der Waals surface area contributed by atoms with Gasteiger partial charge in [0.15, 0.2) is 5.65 Å². The summed E-state index contributed by atoms with van der Waals surface area (Å²) in [5.41, 5.74) is 2.23. The van der Waals surface area contributed by atoms with Crippen LogP contribution in [0.5, 0.6) is 0 Å². The molecule has 3 N–H and O–H groups in total. The van der Waals surface area contributed by atoms with Crippen LogP contribution in [0.2, 0.25) is 0 Å². The van der Waals surface area contributed by atoms with E-state index in [0.717, 1.165) is 5.69 Å². The number of H-pyrrole nitrogens is 1. The van der Waals surface area contributed by atoms with Crippen molar-refractivity contribution in [1.82, 2.24) is 20.5 Å². The highest BCUT2D eigenvalue weighted by Gasteiger charge is 2.22. The van der Waals surface area contributed by atoms with Gasteiger partial charge in [-0.15, -0.1) is 0 Å². The molecule has 2 aromatic rings. The minimum atomic E-state index is -1.03. The Kier molecular flexibility index (Phi) is 4.21. The van der Waals surface area contributed by atoms with Crippen molar-refractivity contribution in [2.45, 2.75) is 39.7 Å². The van der Waals surface area contributed by atoms with E-state index in [1.54, 1.807) is 19.9 Å². The Bertz CT molecular complexity index is 693. The van der Waals surface area contributed by atoms with Gasteiger partial charge in [-0.1, -0.05) is 13.3 Å². The topological polar surface area (TPSA) is 108 Å². The van der Waals surface area contributed by atoms with E-state index in [4.69, 9.17) is 5.11 Å². The lowest BCUT2D eigenvalue weighted by Crippen LogP contribution is -2.40. The summed E-state index contributed by atoms with van der Waals surface area (Å²) in [7, 11) is 0. The summed E-state index contributed by atoms with van der Waals surface area (Å²) >= 11 is 0. The van der Waals surface area contributed by atoms with Crippen LogP contribution in [0.15, 0.2) is 6.07 Å². The van der Waals surface area contributed by atoms with E-state index in [9.17, 15) is 9.59 Å². The molecule has 112 valence electrons. The van der Waals surface area contributed by atoms with E-state index in [1.807, 2.05) is 6.92 Å². The Morgan fingerprint density at radius 3 is 2.76 bits per heavy atom. The molecule has 2 rings (SSSR count). The van der Waals surface area contributed by atoms with Crippen molar-refractivity contribution in [3.8, 4) is 0 Å². The highest BCUT2D eigenvalue weighted by Crippen LogP contribution is 2.20. The Hall–Kier alpha value is -2.44. The van der Waals surface area contributed by atoms with E-state index >= 15 is 0 Å². The second kappa shape index (κ2) is 5.90. The fourth-order valence-electron chi connectivity index (χ4n) is 2.26. The largest absolute Gasteiger partial charge is 0.480 e. The number of amides is 1. The summed E-state index contributed by atoms with van der Waals surface area (Å²) in [5.74, 6) is -1.45. The number of rotatable bonds is 5. The lowest BCUT2D eigenvalue weighted by molar-refractivity contribution is -0.139. The number of aryl methyl sites for hydroxylation is 2. The second-order valence-electron chi connectivity index (χ2n) is 5.01. The van der Waals surface area contributed by atoms with E-state index in [0.29, 0.717) is 35.1 Å². The summed E-state index contributed by atoms with van der Waals surface area (Å²) < 4.78 is 0. The molecule has 2 heterocycles. The Labute approximate surface area is 121 Å². The third-order valence-electron chi connectivity index (χ3n) is 3.26. The standard InChI is InChI=1S/C14H18N4O3/c1-4-5-10(14(20)21)16-13(19)9-6-7(2)15-12-11(9)8(3)17-18-12/h6,10H,4-5H2,1-3H3,(H,16,19)(H,20,21)(H,15,17,18). The number of fused-ring (bicyclic) bond motifs is 1. The zero-order valence-electron chi connectivity index (χ0n) is 12.2. The lowest BCUT2D eigenvalue weighted by atomic mass is 10.1. The van der Waals surface area contributed by atoms with Crippen LogP contribution in [0.25, 0.3) is 11.0 Å². The number of carboxylic acid groups (broad SMARTS) is 1. The lowest BCUT2D eigenvalue weighted by Gasteiger charge is -2.14. The first kappa shape index (κ1) is 15.0. The number of nitrogens with zero attached hydrogens (tertiary/aromatic N) is 2. The van der Waals surface area contributed by atoms with Gasteiger partial charge in [0, 0.05) is 11.4 Å². The first-order valence-electron chi connectivity index (χ1n) is 6.80. The summed E-state index contributed by atoms with van der Waals surface area (Å²) in [6.07, 6.45) is 1.06. The van der Waals surface area contributed by atoms with Crippen molar-refractivity contribution in [3.05, 3.63) is 23.0 Å². The molecule has 0 aromatic carbocycles. The van der Waals surface area contributed by atoms with Crippen molar-refractivity contribution < 1.29 is 14.7 Å². The molecule has 0 fully saturated rings. The fourth-order valence-corrected chi connectivity index (χ4v) is 2.26. The number of carbonyl (C=O) groups is 2. The van der Waals surface area contributed by atoms with Crippen molar-refractivity contribution in [2.75, 3.05) is 0 Å². The molecule has 0 saturated heterocycles. The van der Waals surface area contributed by atoms with E-state index in [-0.39, 0.29) is 0 Å². The SMILES string of the molecule is CCCC(NC(=O)c1cc(C)nc2n[nH]c(C)c12)C(=O)O. The van der Waals surface area contributed by atoms with Crippen molar-refractivity contribution in [3.63, 3.8) is 0 Å². The third-order valence-corrected chi connectivity index (χ3v) is 3.26. The molecule has 0 aliphatic rings. The smallest absolute Gasteiger partial charge is 0.326 e. The highest BCUT2D eigenvalue weighted by atomic mass is 16.4. The first-order valence-corrected chi connectivity index (χ1v) is 6.80. The van der Waals surface area contributed by atoms with Gasteiger partial charge in [0.1, 0.15) is 6.04 Å². The molecule has 7 heteroatoms.